The van der Waals surface area contributed by atoms with Crippen LogP contribution in [0.4, 0.5) is 4.79 Å². The Bertz CT molecular complexity index is 306. The maximum Gasteiger partial charge on any atom is 0.314 e. The van der Waals surface area contributed by atoms with E-state index >= 15 is 0 Å². The van der Waals surface area contributed by atoms with E-state index in [0.717, 1.165) is 25.4 Å². The lowest BCUT2D eigenvalue weighted by atomic mass is 10.0. The Hall–Kier alpha value is -1.30. The van der Waals surface area contributed by atoms with Crippen LogP contribution in [0.2, 0.25) is 0 Å². The highest BCUT2D eigenvalue weighted by molar-refractivity contribution is 5.75. The van der Waals surface area contributed by atoms with Crippen molar-refractivity contribution in [2.24, 2.45) is 11.8 Å². The maximum atomic E-state index is 11.5. The first kappa shape index (κ1) is 16.8. The quantitative estimate of drug-likeness (QED) is 0.503. The second-order valence-corrected chi connectivity index (χ2v) is 5.33. The van der Waals surface area contributed by atoms with Crippen LogP contribution in [0.15, 0.2) is 0 Å². The summed E-state index contributed by atoms with van der Waals surface area (Å²) in [5.41, 5.74) is 0. The van der Waals surface area contributed by atoms with Crippen molar-refractivity contribution in [1.29, 1.82) is 0 Å². The number of aliphatic carboxylic acids is 1. The van der Waals surface area contributed by atoms with Crippen molar-refractivity contribution >= 4 is 12.0 Å². The summed E-state index contributed by atoms with van der Waals surface area (Å²) in [4.78, 5) is 22.4. The third-order valence-corrected chi connectivity index (χ3v) is 3.30. The van der Waals surface area contributed by atoms with Gasteiger partial charge in [-0.15, -0.1) is 0 Å². The Morgan fingerprint density at radius 3 is 2.70 bits per heavy atom. The number of carboxylic acid groups (broad SMARTS) is 1. The molecule has 0 aromatic carbocycles. The predicted octanol–water partition coefficient (Wildman–Crippen LogP) is 1.60. The van der Waals surface area contributed by atoms with Crippen molar-refractivity contribution < 1.29 is 19.4 Å². The summed E-state index contributed by atoms with van der Waals surface area (Å²) >= 11 is 0. The predicted molar refractivity (Wildman–Crippen MR) is 75.6 cm³/mol. The summed E-state index contributed by atoms with van der Waals surface area (Å²) in [7, 11) is 0. The van der Waals surface area contributed by atoms with Crippen molar-refractivity contribution in [3.8, 4) is 0 Å². The zero-order valence-electron chi connectivity index (χ0n) is 12.2. The van der Waals surface area contributed by atoms with Gasteiger partial charge in [-0.2, -0.15) is 0 Å². The standard InChI is InChI=1S/C14H26N2O4/c1-2-4-12(13(17)18)9-16-14(19)15-7-3-8-20-10-11-5-6-11/h11-12H,2-10H2,1H3,(H,17,18)(H2,15,16,19). The number of rotatable bonds is 11. The van der Waals surface area contributed by atoms with E-state index in [4.69, 9.17) is 9.84 Å². The molecule has 1 saturated carbocycles. The van der Waals surface area contributed by atoms with Gasteiger partial charge in [0.25, 0.3) is 0 Å². The molecule has 1 aliphatic carbocycles. The molecule has 0 bridgehead atoms. The van der Waals surface area contributed by atoms with E-state index in [2.05, 4.69) is 10.6 Å². The third-order valence-electron chi connectivity index (χ3n) is 3.30. The highest BCUT2D eigenvalue weighted by Gasteiger charge is 2.20. The molecule has 1 aliphatic rings. The largest absolute Gasteiger partial charge is 0.481 e. The molecule has 0 aromatic rings. The van der Waals surface area contributed by atoms with Gasteiger partial charge in [0.1, 0.15) is 0 Å². The number of ether oxygens (including phenoxy) is 1. The molecule has 1 rings (SSSR count). The second kappa shape index (κ2) is 9.58. The minimum Gasteiger partial charge on any atom is -0.481 e. The fraction of sp³-hybridized carbons (Fsp3) is 0.857. The van der Waals surface area contributed by atoms with Crippen LogP contribution in [-0.4, -0.2) is 43.4 Å². The number of carbonyl (C=O) groups excluding carboxylic acids is 1. The zero-order chi connectivity index (χ0) is 14.8. The van der Waals surface area contributed by atoms with Gasteiger partial charge in [-0.25, -0.2) is 4.79 Å². The molecule has 0 saturated heterocycles. The Kier molecular flexibility index (Phi) is 8.02. The van der Waals surface area contributed by atoms with E-state index < -0.39 is 11.9 Å². The van der Waals surface area contributed by atoms with Gasteiger partial charge in [0, 0.05) is 26.3 Å². The molecule has 3 N–H and O–H groups in total. The number of amides is 2. The molecule has 2 amide bonds. The Morgan fingerprint density at radius 2 is 2.10 bits per heavy atom. The summed E-state index contributed by atoms with van der Waals surface area (Å²) in [6.45, 7) is 4.14. The molecule has 0 aromatic heterocycles. The van der Waals surface area contributed by atoms with Crippen LogP contribution < -0.4 is 10.6 Å². The lowest BCUT2D eigenvalue weighted by molar-refractivity contribution is -0.141. The normalized spacial score (nSPS) is 15.7. The molecular formula is C14H26N2O4. The topological polar surface area (TPSA) is 87.7 Å². The Balaban J connectivity index is 1.96. The van der Waals surface area contributed by atoms with E-state index in [1.807, 2.05) is 6.92 Å². The first-order valence-corrected chi connectivity index (χ1v) is 7.45. The lowest BCUT2D eigenvalue weighted by Crippen LogP contribution is -2.40. The van der Waals surface area contributed by atoms with Crippen LogP contribution in [0.5, 0.6) is 0 Å². The van der Waals surface area contributed by atoms with Crippen molar-refractivity contribution in [3.05, 3.63) is 0 Å². The van der Waals surface area contributed by atoms with Crippen molar-refractivity contribution in [3.63, 3.8) is 0 Å². The van der Waals surface area contributed by atoms with Gasteiger partial charge in [-0.05, 0) is 31.6 Å². The number of carboxylic acids is 1. The molecule has 1 fully saturated rings. The van der Waals surface area contributed by atoms with Crippen LogP contribution in [0.3, 0.4) is 0 Å². The van der Waals surface area contributed by atoms with Gasteiger partial charge in [-0.1, -0.05) is 13.3 Å². The van der Waals surface area contributed by atoms with Crippen LogP contribution in [0, 0.1) is 11.8 Å². The van der Waals surface area contributed by atoms with E-state index in [-0.39, 0.29) is 12.6 Å². The van der Waals surface area contributed by atoms with Gasteiger partial charge in [-0.3, -0.25) is 4.79 Å². The number of hydrogen-bond donors (Lipinski definition) is 3. The molecule has 0 aliphatic heterocycles. The second-order valence-electron chi connectivity index (χ2n) is 5.33. The molecular weight excluding hydrogens is 260 g/mol. The average Bonchev–Trinajstić information content (AvgIpc) is 3.22. The highest BCUT2D eigenvalue weighted by atomic mass is 16.5. The molecule has 0 spiro atoms. The van der Waals surface area contributed by atoms with Crippen molar-refractivity contribution in [2.45, 2.75) is 39.0 Å². The van der Waals surface area contributed by atoms with Crippen LogP contribution >= 0.6 is 0 Å². The minimum absolute atomic E-state index is 0.174. The molecule has 20 heavy (non-hydrogen) atoms. The minimum atomic E-state index is -0.861. The first-order chi connectivity index (χ1) is 9.63. The number of urea groups is 1. The Morgan fingerprint density at radius 1 is 1.35 bits per heavy atom. The fourth-order valence-electron chi connectivity index (χ4n) is 1.85. The average molecular weight is 286 g/mol. The monoisotopic (exact) mass is 286 g/mol. The van der Waals surface area contributed by atoms with Crippen LogP contribution in [0.1, 0.15) is 39.0 Å². The summed E-state index contributed by atoms with van der Waals surface area (Å²) in [5, 5.41) is 14.2. The van der Waals surface area contributed by atoms with E-state index in [1.165, 1.54) is 12.8 Å². The molecule has 1 atom stereocenters. The number of nitrogens with one attached hydrogen (secondary N) is 2. The van der Waals surface area contributed by atoms with Gasteiger partial charge in [0.15, 0.2) is 0 Å². The molecule has 116 valence electrons. The molecule has 6 heteroatoms. The van der Waals surface area contributed by atoms with E-state index in [9.17, 15) is 9.59 Å². The highest BCUT2D eigenvalue weighted by Crippen LogP contribution is 2.28. The maximum absolute atomic E-state index is 11.5. The number of hydrogen-bond acceptors (Lipinski definition) is 3. The SMILES string of the molecule is CCCC(CNC(=O)NCCCOCC1CC1)C(=O)O. The first-order valence-electron chi connectivity index (χ1n) is 7.45. The van der Waals surface area contributed by atoms with Gasteiger partial charge in [0.2, 0.25) is 0 Å². The lowest BCUT2D eigenvalue weighted by Gasteiger charge is -2.13. The molecule has 0 heterocycles. The summed E-state index contributed by atoms with van der Waals surface area (Å²) < 4.78 is 5.45. The third kappa shape index (κ3) is 7.99. The van der Waals surface area contributed by atoms with Crippen LogP contribution in [-0.2, 0) is 9.53 Å². The van der Waals surface area contributed by atoms with E-state index in [0.29, 0.717) is 19.6 Å². The summed E-state index contributed by atoms with van der Waals surface area (Å²) in [6, 6.07) is -0.311. The molecule has 6 nitrogen and oxygen atoms in total. The van der Waals surface area contributed by atoms with Crippen LogP contribution in [0.25, 0.3) is 0 Å². The summed E-state index contributed by atoms with van der Waals surface area (Å²) in [5.74, 6) is -0.606. The Labute approximate surface area is 120 Å². The van der Waals surface area contributed by atoms with Gasteiger partial charge in [0.05, 0.1) is 5.92 Å². The molecule has 1 unspecified atom stereocenters. The molecule has 0 radical (unpaired) electrons. The van der Waals surface area contributed by atoms with E-state index in [1.54, 1.807) is 0 Å². The summed E-state index contributed by atoms with van der Waals surface area (Å²) in [6.07, 6.45) is 4.70. The van der Waals surface area contributed by atoms with Gasteiger partial charge >= 0.3 is 12.0 Å². The number of carbonyl (C=O) groups is 2. The fourth-order valence-corrected chi connectivity index (χ4v) is 1.85. The smallest absolute Gasteiger partial charge is 0.314 e. The zero-order valence-corrected chi connectivity index (χ0v) is 12.2. The van der Waals surface area contributed by atoms with Gasteiger partial charge < -0.3 is 20.5 Å². The van der Waals surface area contributed by atoms with Crippen molar-refractivity contribution in [2.75, 3.05) is 26.3 Å². The van der Waals surface area contributed by atoms with Crippen molar-refractivity contribution in [1.82, 2.24) is 10.6 Å².